The van der Waals surface area contributed by atoms with Crippen molar-refractivity contribution in [3.63, 3.8) is 0 Å². The first-order valence-corrected chi connectivity index (χ1v) is 5.34. The molecule has 1 saturated heterocycles. The third-order valence-electron chi connectivity index (χ3n) is 3.72. The Labute approximate surface area is 77.1 Å². The van der Waals surface area contributed by atoms with Crippen molar-refractivity contribution in [2.75, 3.05) is 13.6 Å². The van der Waals surface area contributed by atoms with E-state index in [1.54, 1.807) is 0 Å². The highest BCUT2D eigenvalue weighted by Gasteiger charge is 2.39. The largest absolute Gasteiger partial charge is 0.303 e. The summed E-state index contributed by atoms with van der Waals surface area (Å²) in [6, 6.07) is 0.863. The van der Waals surface area contributed by atoms with Gasteiger partial charge in [0.1, 0.15) is 0 Å². The van der Waals surface area contributed by atoms with Gasteiger partial charge in [0.05, 0.1) is 0 Å². The molecule has 1 heteroatoms. The molecule has 0 amide bonds. The summed E-state index contributed by atoms with van der Waals surface area (Å²) >= 11 is 0. The number of hydrogen-bond donors (Lipinski definition) is 0. The first kappa shape index (κ1) is 10.0. The second-order valence-corrected chi connectivity index (χ2v) is 4.54. The summed E-state index contributed by atoms with van der Waals surface area (Å²) in [5.41, 5.74) is 0.585. The molecule has 0 aromatic heterocycles. The minimum Gasteiger partial charge on any atom is -0.303 e. The zero-order valence-electron chi connectivity index (χ0n) is 9.06. The number of nitrogens with zero attached hydrogens (tertiary/aromatic N) is 1. The quantitative estimate of drug-likeness (QED) is 0.625. The van der Waals surface area contributed by atoms with Crippen molar-refractivity contribution in [1.82, 2.24) is 4.90 Å². The normalized spacial score (nSPS) is 29.5. The second kappa shape index (κ2) is 3.78. The van der Waals surface area contributed by atoms with Gasteiger partial charge in [0, 0.05) is 6.04 Å². The Hall–Kier alpha value is -0.0400. The maximum Gasteiger partial charge on any atom is 0.0158 e. The van der Waals surface area contributed by atoms with Gasteiger partial charge in [-0.1, -0.05) is 27.2 Å². The van der Waals surface area contributed by atoms with Crippen LogP contribution in [0.5, 0.6) is 0 Å². The van der Waals surface area contributed by atoms with Gasteiger partial charge in [-0.25, -0.2) is 0 Å². The molecule has 1 rings (SSSR count). The summed E-state index contributed by atoms with van der Waals surface area (Å²) in [7, 11) is 2.26. The van der Waals surface area contributed by atoms with E-state index in [-0.39, 0.29) is 0 Å². The molecule has 0 spiro atoms. The Kier molecular flexibility index (Phi) is 3.16. The van der Waals surface area contributed by atoms with Crippen LogP contribution in [0.1, 0.15) is 46.5 Å². The third-order valence-corrected chi connectivity index (χ3v) is 3.72. The van der Waals surface area contributed by atoms with Crippen molar-refractivity contribution in [1.29, 1.82) is 0 Å². The molecule has 0 aromatic carbocycles. The topological polar surface area (TPSA) is 3.24 Å². The van der Waals surface area contributed by atoms with Gasteiger partial charge in [-0.2, -0.15) is 0 Å². The molecule has 0 saturated carbocycles. The molecule has 0 aromatic rings. The Bertz CT molecular complexity index is 144. The molecule has 0 radical (unpaired) electrons. The highest BCUT2D eigenvalue weighted by atomic mass is 15.2. The van der Waals surface area contributed by atoms with Gasteiger partial charge in [0.2, 0.25) is 0 Å². The van der Waals surface area contributed by atoms with Crippen LogP contribution < -0.4 is 0 Å². The Balaban J connectivity index is 2.52. The molecule has 12 heavy (non-hydrogen) atoms. The van der Waals surface area contributed by atoms with Crippen LogP contribution in [0.3, 0.4) is 0 Å². The highest BCUT2D eigenvalue weighted by molar-refractivity contribution is 4.93. The van der Waals surface area contributed by atoms with Crippen LogP contribution in [0.25, 0.3) is 0 Å². The average molecular weight is 169 g/mol. The lowest BCUT2D eigenvalue weighted by atomic mass is 9.71. The van der Waals surface area contributed by atoms with Crippen LogP contribution in [0.4, 0.5) is 0 Å². The van der Waals surface area contributed by atoms with E-state index < -0.39 is 0 Å². The summed E-state index contributed by atoms with van der Waals surface area (Å²) in [6.07, 6.45) is 5.46. The van der Waals surface area contributed by atoms with Crippen LogP contribution in [0, 0.1) is 5.41 Å². The molecular weight excluding hydrogens is 146 g/mol. The lowest BCUT2D eigenvalue weighted by Gasteiger charge is -2.49. The molecule has 0 bridgehead atoms. The van der Waals surface area contributed by atoms with E-state index in [0.717, 1.165) is 6.04 Å². The fourth-order valence-electron chi connectivity index (χ4n) is 2.55. The molecule has 1 fully saturated rings. The summed E-state index contributed by atoms with van der Waals surface area (Å²) < 4.78 is 0. The first-order valence-electron chi connectivity index (χ1n) is 5.34. The standard InChI is InChI=1S/C11H23N/c1-5-8-11(3,6-2)10-7-9-12(10)4/h10H,5-9H2,1-4H3. The van der Waals surface area contributed by atoms with Crippen molar-refractivity contribution in [3.8, 4) is 0 Å². The fraction of sp³-hybridized carbons (Fsp3) is 1.00. The first-order chi connectivity index (χ1) is 5.64. The smallest absolute Gasteiger partial charge is 0.0158 e. The molecule has 0 aliphatic carbocycles. The minimum atomic E-state index is 0.585. The van der Waals surface area contributed by atoms with Crippen LogP contribution in [-0.4, -0.2) is 24.5 Å². The third kappa shape index (κ3) is 1.66. The number of likely N-dealkylation sites (tertiary alicyclic amines) is 1. The van der Waals surface area contributed by atoms with E-state index in [0.29, 0.717) is 5.41 Å². The second-order valence-electron chi connectivity index (χ2n) is 4.54. The lowest BCUT2D eigenvalue weighted by molar-refractivity contribution is 0.00609. The van der Waals surface area contributed by atoms with E-state index in [2.05, 4.69) is 32.7 Å². The molecule has 72 valence electrons. The van der Waals surface area contributed by atoms with Crippen molar-refractivity contribution < 1.29 is 0 Å². The Morgan fingerprint density at radius 2 is 2.08 bits per heavy atom. The highest BCUT2D eigenvalue weighted by Crippen LogP contribution is 2.39. The van der Waals surface area contributed by atoms with Crippen LogP contribution in [0.2, 0.25) is 0 Å². The number of rotatable bonds is 4. The molecule has 2 atom stereocenters. The van der Waals surface area contributed by atoms with E-state index in [9.17, 15) is 0 Å². The fourth-order valence-corrected chi connectivity index (χ4v) is 2.55. The lowest BCUT2D eigenvalue weighted by Crippen LogP contribution is -2.53. The summed E-state index contributed by atoms with van der Waals surface area (Å²) in [4.78, 5) is 2.51. The molecule has 0 N–H and O–H groups in total. The molecule has 1 aliphatic rings. The predicted molar refractivity (Wildman–Crippen MR) is 54.3 cm³/mol. The molecule has 2 unspecified atom stereocenters. The average Bonchev–Trinajstić information content (AvgIpc) is 2.02. The molecule has 1 aliphatic heterocycles. The van der Waals surface area contributed by atoms with Gasteiger partial charge >= 0.3 is 0 Å². The van der Waals surface area contributed by atoms with Crippen LogP contribution >= 0.6 is 0 Å². The maximum absolute atomic E-state index is 2.51. The van der Waals surface area contributed by atoms with Crippen LogP contribution in [0.15, 0.2) is 0 Å². The molecule has 1 heterocycles. The van der Waals surface area contributed by atoms with Gasteiger partial charge in [-0.3, -0.25) is 0 Å². The van der Waals surface area contributed by atoms with Crippen molar-refractivity contribution >= 4 is 0 Å². The van der Waals surface area contributed by atoms with E-state index in [4.69, 9.17) is 0 Å². The maximum atomic E-state index is 2.51. The van der Waals surface area contributed by atoms with E-state index in [1.165, 1.54) is 32.2 Å². The van der Waals surface area contributed by atoms with Gasteiger partial charge in [-0.15, -0.1) is 0 Å². The van der Waals surface area contributed by atoms with Crippen molar-refractivity contribution in [2.45, 2.75) is 52.5 Å². The van der Waals surface area contributed by atoms with Gasteiger partial charge < -0.3 is 4.90 Å². The number of hydrogen-bond acceptors (Lipinski definition) is 1. The zero-order valence-corrected chi connectivity index (χ0v) is 9.06. The summed E-state index contributed by atoms with van der Waals surface area (Å²) in [6.45, 7) is 8.40. The summed E-state index contributed by atoms with van der Waals surface area (Å²) in [5, 5.41) is 0. The van der Waals surface area contributed by atoms with Crippen molar-refractivity contribution in [2.24, 2.45) is 5.41 Å². The molecular formula is C11H23N. The molecule has 1 nitrogen and oxygen atoms in total. The van der Waals surface area contributed by atoms with Gasteiger partial charge in [0.15, 0.2) is 0 Å². The van der Waals surface area contributed by atoms with Gasteiger partial charge in [-0.05, 0) is 38.3 Å². The Morgan fingerprint density at radius 3 is 2.33 bits per heavy atom. The van der Waals surface area contributed by atoms with Crippen LogP contribution in [-0.2, 0) is 0 Å². The van der Waals surface area contributed by atoms with E-state index >= 15 is 0 Å². The SMILES string of the molecule is CCCC(C)(CC)C1CCN1C. The minimum absolute atomic E-state index is 0.585. The Morgan fingerprint density at radius 1 is 1.42 bits per heavy atom. The van der Waals surface area contributed by atoms with Gasteiger partial charge in [0.25, 0.3) is 0 Å². The van der Waals surface area contributed by atoms with Crippen molar-refractivity contribution in [3.05, 3.63) is 0 Å². The predicted octanol–water partition coefficient (Wildman–Crippen LogP) is 2.91. The monoisotopic (exact) mass is 169 g/mol. The summed E-state index contributed by atoms with van der Waals surface area (Å²) in [5.74, 6) is 0. The zero-order chi connectivity index (χ0) is 9.19. The van der Waals surface area contributed by atoms with E-state index in [1.807, 2.05) is 0 Å².